The number of methoxy groups -OCH3 is 1. The number of nitrogens with zero attached hydrogens (tertiary/aromatic N) is 3. The number of benzene rings is 1. The Morgan fingerprint density at radius 1 is 1.16 bits per heavy atom. The third-order valence-corrected chi connectivity index (χ3v) is 7.18. The van der Waals surface area contributed by atoms with E-state index in [0.717, 1.165) is 27.6 Å². The van der Waals surface area contributed by atoms with Crippen molar-refractivity contribution in [3.63, 3.8) is 0 Å². The van der Waals surface area contributed by atoms with Crippen molar-refractivity contribution >= 4 is 27.9 Å². The van der Waals surface area contributed by atoms with Crippen molar-refractivity contribution in [1.82, 2.24) is 4.57 Å². The maximum absolute atomic E-state index is 12.1. The number of anilines is 1. The molecule has 1 fully saturated rings. The molecular formula is C24H29N3O3S. The lowest BCUT2D eigenvalue weighted by Gasteiger charge is -2.17. The smallest absolute Gasteiger partial charge is 0.235 e. The van der Waals surface area contributed by atoms with Gasteiger partial charge < -0.3 is 9.30 Å². The summed E-state index contributed by atoms with van der Waals surface area (Å²) in [5.74, 6) is 1.04. The molecule has 164 valence electrons. The lowest BCUT2D eigenvalue weighted by molar-refractivity contribution is 0.287. The molecule has 2 heterocycles. The maximum Gasteiger partial charge on any atom is 0.235 e. The van der Waals surface area contributed by atoms with Gasteiger partial charge in [0.1, 0.15) is 6.07 Å². The van der Waals surface area contributed by atoms with Gasteiger partial charge in [-0.2, -0.15) is 5.26 Å². The minimum atomic E-state index is -3.21. The van der Waals surface area contributed by atoms with Crippen LogP contribution < -0.4 is 14.9 Å². The Morgan fingerprint density at radius 2 is 1.84 bits per heavy atom. The van der Waals surface area contributed by atoms with Gasteiger partial charge >= 0.3 is 0 Å². The fourth-order valence-corrected chi connectivity index (χ4v) is 5.46. The Hall–Kier alpha value is -2.98. The molecule has 1 aromatic carbocycles. The molecule has 1 aliphatic heterocycles. The highest BCUT2D eigenvalue weighted by Crippen LogP contribution is 2.28. The van der Waals surface area contributed by atoms with Gasteiger partial charge in [0.25, 0.3) is 0 Å². The summed E-state index contributed by atoms with van der Waals surface area (Å²) < 4.78 is 33.1. The van der Waals surface area contributed by atoms with Gasteiger partial charge in [-0.3, -0.25) is 4.31 Å². The standard InChI is InChI=1S/C21H21N3O3S.C3H8/c1-23-20-11-9-17(27-2)8-10-18(20)19(14-22)21(23)15-4-6-16(7-5-15)24-12-3-13-28(24,25)26;1-3-2/h4-8,10-11H,3,9,12-13H2,1-2H3;3H2,1-2H3. The highest BCUT2D eigenvalue weighted by atomic mass is 32.2. The fraction of sp³-hybridized carbons (Fsp3) is 0.375. The number of hydrogen-bond acceptors (Lipinski definition) is 4. The molecule has 0 spiro atoms. The summed E-state index contributed by atoms with van der Waals surface area (Å²) in [6.07, 6.45) is 8.44. The van der Waals surface area contributed by atoms with E-state index in [1.54, 1.807) is 7.11 Å². The van der Waals surface area contributed by atoms with E-state index in [4.69, 9.17) is 4.74 Å². The fourth-order valence-electron chi connectivity index (χ4n) is 3.90. The molecule has 0 amide bonds. The van der Waals surface area contributed by atoms with Crippen molar-refractivity contribution in [2.24, 2.45) is 7.05 Å². The molecule has 2 aliphatic rings. The lowest BCUT2D eigenvalue weighted by atomic mass is 10.1. The second-order valence-corrected chi connectivity index (χ2v) is 9.61. The van der Waals surface area contributed by atoms with Crippen molar-refractivity contribution in [2.45, 2.75) is 33.1 Å². The largest absolute Gasteiger partial charge is 0.501 e. The first-order valence-electron chi connectivity index (χ1n) is 10.5. The van der Waals surface area contributed by atoms with Crippen molar-refractivity contribution in [1.29, 1.82) is 5.26 Å². The molecule has 1 saturated heterocycles. The van der Waals surface area contributed by atoms with E-state index in [1.165, 1.54) is 10.7 Å². The van der Waals surface area contributed by atoms with Crippen LogP contribution in [-0.4, -0.2) is 32.4 Å². The van der Waals surface area contributed by atoms with Crippen molar-refractivity contribution < 1.29 is 13.2 Å². The number of rotatable bonds is 3. The number of allylic oxidation sites excluding steroid dienone is 2. The van der Waals surface area contributed by atoms with Crippen LogP contribution in [0.1, 0.15) is 38.7 Å². The monoisotopic (exact) mass is 439 g/mol. The summed E-state index contributed by atoms with van der Waals surface area (Å²) in [5, 5.41) is 11.7. The molecule has 31 heavy (non-hydrogen) atoms. The Kier molecular flexibility index (Phi) is 6.91. The molecule has 6 nitrogen and oxygen atoms in total. The third kappa shape index (κ3) is 4.40. The number of aromatic nitrogens is 1. The zero-order chi connectivity index (χ0) is 22.6. The van der Waals surface area contributed by atoms with Crippen LogP contribution in [0.15, 0.2) is 36.1 Å². The number of hydrogen-bond donors (Lipinski definition) is 0. The Labute approximate surface area is 184 Å². The van der Waals surface area contributed by atoms with Gasteiger partial charge in [0.05, 0.1) is 35.6 Å². The predicted octanol–water partition coefficient (Wildman–Crippen LogP) is 3.01. The molecule has 1 aliphatic carbocycles. The molecule has 4 rings (SSSR count). The second-order valence-electron chi connectivity index (χ2n) is 7.60. The topological polar surface area (TPSA) is 75.3 Å². The highest BCUT2D eigenvalue weighted by molar-refractivity contribution is 7.93. The molecule has 1 aromatic heterocycles. The Bertz CT molecular complexity index is 1250. The molecule has 0 unspecified atom stereocenters. The van der Waals surface area contributed by atoms with Gasteiger partial charge in [0.2, 0.25) is 10.0 Å². The van der Waals surface area contributed by atoms with Crippen LogP contribution in [0.3, 0.4) is 0 Å². The van der Waals surface area contributed by atoms with E-state index in [2.05, 4.69) is 26.0 Å². The molecule has 0 radical (unpaired) electrons. The van der Waals surface area contributed by atoms with Gasteiger partial charge in [-0.1, -0.05) is 38.5 Å². The number of ether oxygens (including phenoxy) is 1. The van der Waals surface area contributed by atoms with Crippen LogP contribution in [0.25, 0.3) is 23.4 Å². The van der Waals surface area contributed by atoms with Crippen molar-refractivity contribution in [3.8, 4) is 17.3 Å². The Morgan fingerprint density at radius 3 is 2.39 bits per heavy atom. The quantitative estimate of drug-likeness (QED) is 0.737. The van der Waals surface area contributed by atoms with Crippen molar-refractivity contribution in [2.75, 3.05) is 23.7 Å². The van der Waals surface area contributed by atoms with Crippen LogP contribution in [0.4, 0.5) is 5.69 Å². The number of fused-ring (bicyclic) bond motifs is 1. The van der Waals surface area contributed by atoms with E-state index >= 15 is 0 Å². The van der Waals surface area contributed by atoms with Crippen LogP contribution in [0, 0.1) is 11.3 Å². The Balaban J connectivity index is 0.000000858. The minimum Gasteiger partial charge on any atom is -0.501 e. The van der Waals surface area contributed by atoms with Crippen LogP contribution >= 0.6 is 0 Å². The summed E-state index contributed by atoms with van der Waals surface area (Å²) >= 11 is 0. The van der Waals surface area contributed by atoms with Gasteiger partial charge in [0.15, 0.2) is 0 Å². The summed E-state index contributed by atoms with van der Waals surface area (Å²) in [4.78, 5) is 0. The first-order chi connectivity index (χ1) is 14.9. The SMILES string of the molecule is CCC.COC1=CC=c2c(C#N)c(-c3ccc(N4CCCS4(=O)=O)cc3)n(C)c2=CC1. The van der Waals surface area contributed by atoms with Crippen molar-refractivity contribution in [3.05, 3.63) is 52.2 Å². The van der Waals surface area contributed by atoms with Gasteiger partial charge in [0, 0.05) is 30.6 Å². The summed E-state index contributed by atoms with van der Waals surface area (Å²) in [6.45, 7) is 4.77. The van der Waals surface area contributed by atoms with Gasteiger partial charge in [-0.15, -0.1) is 0 Å². The van der Waals surface area contributed by atoms with Gasteiger partial charge in [-0.25, -0.2) is 8.42 Å². The summed E-state index contributed by atoms with van der Waals surface area (Å²) in [6, 6.07) is 9.73. The third-order valence-electron chi connectivity index (χ3n) is 5.31. The molecule has 0 atom stereocenters. The number of sulfonamides is 1. The molecular weight excluding hydrogens is 410 g/mol. The van der Waals surface area contributed by atoms with Crippen LogP contribution in [0.2, 0.25) is 0 Å². The molecule has 7 heteroatoms. The first-order valence-corrected chi connectivity index (χ1v) is 12.1. The molecule has 0 saturated carbocycles. The van der Waals surface area contributed by atoms with E-state index in [9.17, 15) is 13.7 Å². The summed E-state index contributed by atoms with van der Waals surface area (Å²) in [7, 11) is 0.376. The second kappa shape index (κ2) is 9.44. The van der Waals surface area contributed by atoms with Crippen LogP contribution in [0.5, 0.6) is 0 Å². The molecule has 2 aromatic rings. The lowest BCUT2D eigenvalue weighted by Crippen LogP contribution is -2.28. The molecule has 0 N–H and O–H groups in total. The molecule has 0 bridgehead atoms. The van der Waals surface area contributed by atoms with E-state index in [1.807, 2.05) is 48.0 Å². The zero-order valence-corrected chi connectivity index (χ0v) is 19.4. The van der Waals surface area contributed by atoms with E-state index in [-0.39, 0.29) is 5.75 Å². The average Bonchev–Trinajstić information content (AvgIpc) is 3.14. The van der Waals surface area contributed by atoms with Gasteiger partial charge in [-0.05, 0) is 36.3 Å². The highest BCUT2D eigenvalue weighted by Gasteiger charge is 2.28. The number of nitriles is 1. The first kappa shape index (κ1) is 22.7. The predicted molar refractivity (Wildman–Crippen MR) is 125 cm³/mol. The minimum absolute atomic E-state index is 0.195. The van der Waals surface area contributed by atoms with E-state index < -0.39 is 10.0 Å². The van der Waals surface area contributed by atoms with E-state index in [0.29, 0.717) is 30.6 Å². The normalized spacial score (nSPS) is 16.5. The van der Waals surface area contributed by atoms with Crippen LogP contribution in [-0.2, 0) is 21.8 Å². The maximum atomic E-state index is 12.1. The zero-order valence-electron chi connectivity index (χ0n) is 18.6. The summed E-state index contributed by atoms with van der Waals surface area (Å²) in [5.41, 5.74) is 2.97. The average molecular weight is 440 g/mol.